The summed E-state index contributed by atoms with van der Waals surface area (Å²) in [6.45, 7) is 6.34. The number of hydrogen-bond donors (Lipinski definition) is 1. The normalized spacial score (nSPS) is 19.2. The molecule has 2 heterocycles. The van der Waals surface area contributed by atoms with E-state index >= 15 is 0 Å². The van der Waals surface area contributed by atoms with Gasteiger partial charge in [0.2, 0.25) is 11.8 Å². The van der Waals surface area contributed by atoms with Gasteiger partial charge in [-0.15, -0.1) is 10.2 Å². The summed E-state index contributed by atoms with van der Waals surface area (Å²) < 4.78 is 33.5. The van der Waals surface area contributed by atoms with Gasteiger partial charge in [0.25, 0.3) is 10.2 Å². The molecule has 0 aromatic carbocycles. The Labute approximate surface area is 113 Å². The molecule has 0 spiro atoms. The molecule has 0 radical (unpaired) electrons. The molecule has 1 N–H and O–H groups in total. The minimum absolute atomic E-state index is 0.0960. The van der Waals surface area contributed by atoms with E-state index in [9.17, 15) is 8.42 Å². The van der Waals surface area contributed by atoms with Crippen molar-refractivity contribution in [2.45, 2.75) is 45.6 Å². The summed E-state index contributed by atoms with van der Waals surface area (Å²) >= 11 is 0. The fourth-order valence-electron chi connectivity index (χ4n) is 2.19. The second-order valence-electron chi connectivity index (χ2n) is 5.11. The van der Waals surface area contributed by atoms with Gasteiger partial charge in [0, 0.05) is 32.0 Å². The maximum atomic E-state index is 12.0. The molecule has 1 aromatic rings. The molecule has 0 unspecified atom stereocenters. The number of aryl methyl sites for hydroxylation is 1. The Kier molecular flexibility index (Phi) is 4.22. The third-order valence-electron chi connectivity index (χ3n) is 3.07. The lowest BCUT2D eigenvalue weighted by Gasteiger charge is -2.30. The number of aromatic nitrogens is 2. The third-order valence-corrected chi connectivity index (χ3v) is 4.88. The second kappa shape index (κ2) is 5.56. The standard InChI is InChI=1S/C11H20N4O3S/c1-8(2)14-19(16,17)15-6-4-10(5-7-15)11-13-12-9(3)18-11/h8,10,14H,4-7H2,1-3H3. The first-order valence-electron chi connectivity index (χ1n) is 6.46. The van der Waals surface area contributed by atoms with Crippen LogP contribution in [-0.2, 0) is 10.2 Å². The van der Waals surface area contributed by atoms with Crippen LogP contribution in [0.4, 0.5) is 0 Å². The Balaban J connectivity index is 1.96. The van der Waals surface area contributed by atoms with Crippen molar-refractivity contribution in [3.63, 3.8) is 0 Å². The van der Waals surface area contributed by atoms with Crippen LogP contribution in [0.2, 0.25) is 0 Å². The van der Waals surface area contributed by atoms with Crippen LogP contribution < -0.4 is 4.72 Å². The summed E-state index contributed by atoms with van der Waals surface area (Å²) in [5.41, 5.74) is 0. The van der Waals surface area contributed by atoms with Crippen molar-refractivity contribution in [3.05, 3.63) is 11.8 Å². The van der Waals surface area contributed by atoms with Gasteiger partial charge in [0.15, 0.2) is 0 Å². The van der Waals surface area contributed by atoms with Crippen LogP contribution >= 0.6 is 0 Å². The van der Waals surface area contributed by atoms with Crippen molar-refractivity contribution in [1.82, 2.24) is 19.2 Å². The Bertz CT molecular complexity index is 518. The first-order valence-corrected chi connectivity index (χ1v) is 7.90. The predicted octanol–water partition coefficient (Wildman–Crippen LogP) is 0.800. The molecule has 7 nitrogen and oxygen atoms in total. The maximum Gasteiger partial charge on any atom is 0.279 e. The summed E-state index contributed by atoms with van der Waals surface area (Å²) in [7, 11) is -3.37. The highest BCUT2D eigenvalue weighted by Gasteiger charge is 2.30. The Morgan fingerprint density at radius 2 is 1.95 bits per heavy atom. The van der Waals surface area contributed by atoms with Crippen molar-refractivity contribution in [2.75, 3.05) is 13.1 Å². The smallest absolute Gasteiger partial charge is 0.279 e. The van der Waals surface area contributed by atoms with Gasteiger partial charge in [-0.3, -0.25) is 0 Å². The van der Waals surface area contributed by atoms with Crippen LogP contribution in [0.15, 0.2) is 4.42 Å². The van der Waals surface area contributed by atoms with Crippen molar-refractivity contribution < 1.29 is 12.8 Å². The zero-order chi connectivity index (χ0) is 14.0. The molecule has 0 aliphatic carbocycles. The Morgan fingerprint density at radius 1 is 1.32 bits per heavy atom. The number of rotatable bonds is 4. The lowest BCUT2D eigenvalue weighted by molar-refractivity contribution is 0.284. The fraction of sp³-hybridized carbons (Fsp3) is 0.818. The van der Waals surface area contributed by atoms with E-state index in [0.29, 0.717) is 37.7 Å². The molecule has 2 rings (SSSR count). The second-order valence-corrected chi connectivity index (χ2v) is 6.81. The van der Waals surface area contributed by atoms with Crippen molar-refractivity contribution >= 4 is 10.2 Å². The summed E-state index contributed by atoms with van der Waals surface area (Å²) in [6, 6.07) is -0.0960. The fourth-order valence-corrected chi connectivity index (χ4v) is 3.63. The quantitative estimate of drug-likeness (QED) is 0.885. The van der Waals surface area contributed by atoms with Crippen molar-refractivity contribution in [2.24, 2.45) is 0 Å². The molecule has 0 amide bonds. The number of nitrogens with one attached hydrogen (secondary N) is 1. The molecular weight excluding hydrogens is 268 g/mol. The van der Waals surface area contributed by atoms with E-state index < -0.39 is 10.2 Å². The molecule has 8 heteroatoms. The average Bonchev–Trinajstić information content (AvgIpc) is 2.74. The highest BCUT2D eigenvalue weighted by Crippen LogP contribution is 2.27. The van der Waals surface area contributed by atoms with E-state index in [-0.39, 0.29) is 12.0 Å². The Hall–Kier alpha value is -0.990. The molecule has 1 aromatic heterocycles. The lowest BCUT2D eigenvalue weighted by atomic mass is 9.98. The van der Waals surface area contributed by atoms with Crippen LogP contribution in [0.3, 0.4) is 0 Å². The monoisotopic (exact) mass is 288 g/mol. The number of piperidine rings is 1. The largest absolute Gasteiger partial charge is 0.425 e. The maximum absolute atomic E-state index is 12.0. The summed E-state index contributed by atoms with van der Waals surface area (Å²) in [5.74, 6) is 1.32. The summed E-state index contributed by atoms with van der Waals surface area (Å²) in [5, 5.41) is 7.81. The van der Waals surface area contributed by atoms with Gasteiger partial charge in [-0.05, 0) is 26.7 Å². The molecule has 0 atom stereocenters. The molecule has 1 fully saturated rings. The van der Waals surface area contributed by atoms with Gasteiger partial charge >= 0.3 is 0 Å². The van der Waals surface area contributed by atoms with Gasteiger partial charge in [-0.1, -0.05) is 0 Å². The summed E-state index contributed by atoms with van der Waals surface area (Å²) in [6.07, 6.45) is 1.42. The van der Waals surface area contributed by atoms with E-state index in [1.54, 1.807) is 6.92 Å². The van der Waals surface area contributed by atoms with Gasteiger partial charge < -0.3 is 4.42 Å². The molecule has 108 valence electrons. The van der Waals surface area contributed by atoms with Crippen LogP contribution in [0.5, 0.6) is 0 Å². The molecule has 0 bridgehead atoms. The van der Waals surface area contributed by atoms with Gasteiger partial charge in [0.05, 0.1) is 0 Å². The molecule has 1 aliphatic heterocycles. The third kappa shape index (κ3) is 3.52. The van der Waals surface area contributed by atoms with Gasteiger partial charge in [-0.2, -0.15) is 17.4 Å². The SMILES string of the molecule is Cc1nnc(C2CCN(S(=O)(=O)NC(C)C)CC2)o1. The van der Waals surface area contributed by atoms with Crippen LogP contribution in [-0.4, -0.2) is 42.1 Å². The molecule has 0 saturated carbocycles. The molecular formula is C11H20N4O3S. The van der Waals surface area contributed by atoms with Crippen molar-refractivity contribution in [3.8, 4) is 0 Å². The van der Waals surface area contributed by atoms with Gasteiger partial charge in [0.1, 0.15) is 0 Å². The van der Waals surface area contributed by atoms with E-state index in [1.807, 2.05) is 13.8 Å². The minimum Gasteiger partial charge on any atom is -0.425 e. The van der Waals surface area contributed by atoms with Crippen molar-refractivity contribution in [1.29, 1.82) is 0 Å². The van der Waals surface area contributed by atoms with E-state index in [0.717, 1.165) is 0 Å². The van der Waals surface area contributed by atoms with Crippen LogP contribution in [0, 0.1) is 6.92 Å². The highest BCUT2D eigenvalue weighted by atomic mass is 32.2. The average molecular weight is 288 g/mol. The molecule has 19 heavy (non-hydrogen) atoms. The van der Waals surface area contributed by atoms with Crippen LogP contribution in [0.1, 0.15) is 44.4 Å². The van der Waals surface area contributed by atoms with E-state index in [1.165, 1.54) is 4.31 Å². The lowest BCUT2D eigenvalue weighted by Crippen LogP contribution is -2.46. The number of hydrogen-bond acceptors (Lipinski definition) is 5. The van der Waals surface area contributed by atoms with Gasteiger partial charge in [-0.25, -0.2) is 0 Å². The van der Waals surface area contributed by atoms with E-state index in [4.69, 9.17) is 4.42 Å². The van der Waals surface area contributed by atoms with Crippen LogP contribution in [0.25, 0.3) is 0 Å². The first-order chi connectivity index (χ1) is 8.88. The first kappa shape index (κ1) is 14.4. The van der Waals surface area contributed by atoms with E-state index in [2.05, 4.69) is 14.9 Å². The zero-order valence-electron chi connectivity index (χ0n) is 11.5. The Morgan fingerprint density at radius 3 is 2.42 bits per heavy atom. The predicted molar refractivity (Wildman–Crippen MR) is 69.8 cm³/mol. The zero-order valence-corrected chi connectivity index (χ0v) is 12.3. The minimum atomic E-state index is -3.37. The number of nitrogens with zero attached hydrogens (tertiary/aromatic N) is 3. The molecule has 1 aliphatic rings. The highest BCUT2D eigenvalue weighted by molar-refractivity contribution is 7.87. The topological polar surface area (TPSA) is 88.3 Å². The molecule has 1 saturated heterocycles. The summed E-state index contributed by atoms with van der Waals surface area (Å²) in [4.78, 5) is 0.